The molecular weight excluding hydrogens is 244 g/mol. The number of hydrogen-bond acceptors (Lipinski definition) is 2. The Morgan fingerprint density at radius 2 is 1.55 bits per heavy atom. The molecule has 0 aromatic heterocycles. The van der Waals surface area contributed by atoms with Crippen molar-refractivity contribution >= 4 is 0 Å². The lowest BCUT2D eigenvalue weighted by Crippen LogP contribution is -2.42. The molecule has 2 fully saturated rings. The molecule has 2 aliphatic rings. The lowest BCUT2D eigenvalue weighted by Gasteiger charge is -2.39. The first-order valence-corrected chi connectivity index (χ1v) is 9.04. The number of likely N-dealkylation sites (tertiary alicyclic amines) is 1. The van der Waals surface area contributed by atoms with E-state index in [0.717, 1.165) is 17.9 Å². The van der Waals surface area contributed by atoms with E-state index in [4.69, 9.17) is 0 Å². The molecule has 0 N–H and O–H groups in total. The lowest BCUT2D eigenvalue weighted by molar-refractivity contribution is 0.103. The monoisotopic (exact) mass is 280 g/mol. The fourth-order valence-corrected chi connectivity index (χ4v) is 4.10. The third-order valence-corrected chi connectivity index (χ3v) is 6.01. The van der Waals surface area contributed by atoms with Gasteiger partial charge in [0.2, 0.25) is 0 Å². The Labute approximate surface area is 126 Å². The van der Waals surface area contributed by atoms with Crippen molar-refractivity contribution < 1.29 is 0 Å². The molecule has 1 heterocycles. The minimum atomic E-state index is 0.699. The van der Waals surface area contributed by atoms with Gasteiger partial charge in [-0.25, -0.2) is 0 Å². The van der Waals surface area contributed by atoms with E-state index >= 15 is 0 Å². The molecule has 1 aliphatic heterocycles. The van der Waals surface area contributed by atoms with Gasteiger partial charge < -0.3 is 9.80 Å². The van der Waals surface area contributed by atoms with E-state index in [-0.39, 0.29) is 0 Å². The van der Waals surface area contributed by atoms with Gasteiger partial charge in [0.1, 0.15) is 0 Å². The van der Waals surface area contributed by atoms with Crippen LogP contribution in [0.1, 0.15) is 65.7 Å². The molecule has 20 heavy (non-hydrogen) atoms. The second-order valence-electron chi connectivity index (χ2n) is 7.59. The van der Waals surface area contributed by atoms with Gasteiger partial charge >= 0.3 is 0 Å². The molecule has 0 bridgehead atoms. The van der Waals surface area contributed by atoms with Crippen molar-refractivity contribution in [2.24, 2.45) is 11.8 Å². The summed E-state index contributed by atoms with van der Waals surface area (Å²) in [5.41, 5.74) is 0. The Hall–Kier alpha value is -0.0800. The van der Waals surface area contributed by atoms with Crippen LogP contribution in [0.3, 0.4) is 0 Å². The fourth-order valence-electron chi connectivity index (χ4n) is 4.10. The molecule has 1 saturated heterocycles. The molecule has 0 radical (unpaired) electrons. The van der Waals surface area contributed by atoms with Gasteiger partial charge in [0, 0.05) is 18.6 Å². The number of hydrogen-bond donors (Lipinski definition) is 0. The van der Waals surface area contributed by atoms with Crippen LogP contribution in [-0.2, 0) is 0 Å². The molecule has 1 saturated carbocycles. The Balaban J connectivity index is 1.67. The highest BCUT2D eigenvalue weighted by Gasteiger charge is 2.27. The third kappa shape index (κ3) is 4.46. The Kier molecular flexibility index (Phi) is 6.35. The maximum Gasteiger partial charge on any atom is 0.00951 e. The van der Waals surface area contributed by atoms with Crippen molar-refractivity contribution in [3.63, 3.8) is 0 Å². The summed E-state index contributed by atoms with van der Waals surface area (Å²) in [6.07, 6.45) is 10.0. The summed E-state index contributed by atoms with van der Waals surface area (Å²) in [6.45, 7) is 11.1. The molecule has 0 aromatic rings. The standard InChI is InChI=1S/C18H36N2/c1-5-16-10-12-20(13-11-16)14-17-6-8-18(9-7-17)19(4)15(2)3/h15-18H,5-14H2,1-4H3. The minimum absolute atomic E-state index is 0.699. The molecule has 1 aliphatic carbocycles. The smallest absolute Gasteiger partial charge is 0.00951 e. The largest absolute Gasteiger partial charge is 0.303 e. The number of nitrogens with zero attached hydrogens (tertiary/aromatic N) is 2. The van der Waals surface area contributed by atoms with E-state index in [2.05, 4.69) is 37.6 Å². The highest BCUT2D eigenvalue weighted by Crippen LogP contribution is 2.30. The van der Waals surface area contributed by atoms with E-state index in [9.17, 15) is 0 Å². The van der Waals surface area contributed by atoms with Gasteiger partial charge in [-0.1, -0.05) is 13.3 Å². The van der Waals surface area contributed by atoms with Crippen LogP contribution in [0, 0.1) is 11.8 Å². The van der Waals surface area contributed by atoms with Gasteiger partial charge in [-0.05, 0) is 84.3 Å². The second-order valence-corrected chi connectivity index (χ2v) is 7.59. The summed E-state index contributed by atoms with van der Waals surface area (Å²) >= 11 is 0. The summed E-state index contributed by atoms with van der Waals surface area (Å²) in [5, 5.41) is 0. The van der Waals surface area contributed by atoms with Crippen molar-refractivity contribution in [1.29, 1.82) is 0 Å². The van der Waals surface area contributed by atoms with Crippen molar-refractivity contribution in [3.8, 4) is 0 Å². The van der Waals surface area contributed by atoms with Gasteiger partial charge in [0.15, 0.2) is 0 Å². The zero-order chi connectivity index (χ0) is 14.5. The van der Waals surface area contributed by atoms with E-state index in [1.54, 1.807) is 0 Å². The molecule has 2 nitrogen and oxygen atoms in total. The van der Waals surface area contributed by atoms with Gasteiger partial charge in [-0.3, -0.25) is 0 Å². The summed E-state index contributed by atoms with van der Waals surface area (Å²) in [5.74, 6) is 1.99. The van der Waals surface area contributed by atoms with Crippen LogP contribution in [-0.4, -0.2) is 48.6 Å². The van der Waals surface area contributed by atoms with Gasteiger partial charge in [0.25, 0.3) is 0 Å². The SMILES string of the molecule is CCC1CCN(CC2CCC(N(C)C(C)C)CC2)CC1. The Morgan fingerprint density at radius 3 is 2.05 bits per heavy atom. The molecule has 0 unspecified atom stereocenters. The molecule has 0 amide bonds. The second kappa shape index (κ2) is 7.79. The van der Waals surface area contributed by atoms with Crippen LogP contribution in [0.5, 0.6) is 0 Å². The zero-order valence-corrected chi connectivity index (χ0v) is 14.3. The number of piperidine rings is 1. The molecule has 2 rings (SSSR count). The first-order valence-electron chi connectivity index (χ1n) is 9.04. The maximum atomic E-state index is 2.75. The van der Waals surface area contributed by atoms with Crippen molar-refractivity contribution in [2.75, 3.05) is 26.7 Å². The van der Waals surface area contributed by atoms with Gasteiger partial charge in [-0.15, -0.1) is 0 Å². The van der Waals surface area contributed by atoms with Crippen LogP contribution in [0.25, 0.3) is 0 Å². The normalized spacial score (nSPS) is 30.3. The average Bonchev–Trinajstić information content (AvgIpc) is 2.48. The van der Waals surface area contributed by atoms with E-state index in [1.165, 1.54) is 64.6 Å². The van der Waals surface area contributed by atoms with E-state index in [0.29, 0.717) is 6.04 Å². The molecule has 2 heteroatoms. The van der Waals surface area contributed by atoms with Crippen LogP contribution in [0.4, 0.5) is 0 Å². The highest BCUT2D eigenvalue weighted by atomic mass is 15.2. The van der Waals surface area contributed by atoms with Crippen molar-refractivity contribution in [2.45, 2.75) is 77.8 Å². The van der Waals surface area contributed by atoms with Gasteiger partial charge in [-0.2, -0.15) is 0 Å². The predicted molar refractivity (Wildman–Crippen MR) is 88.1 cm³/mol. The quantitative estimate of drug-likeness (QED) is 0.751. The lowest BCUT2D eigenvalue weighted by atomic mass is 9.84. The van der Waals surface area contributed by atoms with Crippen molar-refractivity contribution in [1.82, 2.24) is 9.80 Å². The maximum absolute atomic E-state index is 2.75. The Bertz CT molecular complexity index is 261. The summed E-state index contributed by atoms with van der Waals surface area (Å²) in [4.78, 5) is 5.34. The number of rotatable bonds is 5. The zero-order valence-electron chi connectivity index (χ0n) is 14.3. The molecule has 0 aromatic carbocycles. The summed E-state index contributed by atoms with van der Waals surface area (Å²) < 4.78 is 0. The van der Waals surface area contributed by atoms with Gasteiger partial charge in [0.05, 0.1) is 0 Å². The fraction of sp³-hybridized carbons (Fsp3) is 1.00. The van der Waals surface area contributed by atoms with Crippen LogP contribution in [0.15, 0.2) is 0 Å². The topological polar surface area (TPSA) is 6.48 Å². The average molecular weight is 281 g/mol. The predicted octanol–water partition coefficient (Wildman–Crippen LogP) is 4.01. The first kappa shape index (κ1) is 16.3. The van der Waals surface area contributed by atoms with Crippen LogP contribution >= 0.6 is 0 Å². The molecule has 0 spiro atoms. The van der Waals surface area contributed by atoms with E-state index < -0.39 is 0 Å². The van der Waals surface area contributed by atoms with Crippen LogP contribution < -0.4 is 0 Å². The third-order valence-electron chi connectivity index (χ3n) is 6.01. The first-order chi connectivity index (χ1) is 9.60. The highest BCUT2D eigenvalue weighted by molar-refractivity contribution is 4.82. The molecule has 0 atom stereocenters. The van der Waals surface area contributed by atoms with Crippen LogP contribution in [0.2, 0.25) is 0 Å². The Morgan fingerprint density at radius 1 is 0.950 bits per heavy atom. The molecule has 118 valence electrons. The summed E-state index contributed by atoms with van der Waals surface area (Å²) in [7, 11) is 2.31. The molecular formula is C18H36N2. The van der Waals surface area contributed by atoms with Crippen molar-refractivity contribution in [3.05, 3.63) is 0 Å². The summed E-state index contributed by atoms with van der Waals surface area (Å²) in [6, 6.07) is 1.54. The minimum Gasteiger partial charge on any atom is -0.303 e. The van der Waals surface area contributed by atoms with E-state index in [1.807, 2.05) is 0 Å².